The maximum absolute atomic E-state index is 9.97. The predicted octanol–water partition coefficient (Wildman–Crippen LogP) is 3.23. The molecule has 0 amide bonds. The molecule has 2 rings (SSSR count). The van der Waals surface area contributed by atoms with Crippen molar-refractivity contribution in [3.8, 4) is 5.75 Å². The molecule has 1 aromatic rings. The van der Waals surface area contributed by atoms with Gasteiger partial charge in [-0.15, -0.1) is 0 Å². The van der Waals surface area contributed by atoms with Crippen LogP contribution in [0.25, 0.3) is 0 Å². The lowest BCUT2D eigenvalue weighted by Gasteiger charge is -2.35. The van der Waals surface area contributed by atoms with Crippen LogP contribution in [0.4, 0.5) is 0 Å². The van der Waals surface area contributed by atoms with Gasteiger partial charge in [0.25, 0.3) is 0 Å². The minimum absolute atomic E-state index is 0.154. The Balaban J connectivity index is 2.00. The number of rotatable bonds is 3. The van der Waals surface area contributed by atoms with Crippen LogP contribution >= 0.6 is 23.2 Å². The van der Waals surface area contributed by atoms with Gasteiger partial charge in [-0.1, -0.05) is 23.2 Å². The summed E-state index contributed by atoms with van der Waals surface area (Å²) in [7, 11) is 4.26. The van der Waals surface area contributed by atoms with Crippen molar-refractivity contribution in [1.82, 2.24) is 9.80 Å². The van der Waals surface area contributed by atoms with Crippen LogP contribution in [0.15, 0.2) is 12.1 Å². The van der Waals surface area contributed by atoms with Crippen LogP contribution in [0.2, 0.25) is 10.0 Å². The molecule has 0 atom stereocenters. The fourth-order valence-electron chi connectivity index (χ4n) is 2.57. The van der Waals surface area contributed by atoms with Gasteiger partial charge >= 0.3 is 0 Å². The van der Waals surface area contributed by atoms with Crippen molar-refractivity contribution in [2.75, 3.05) is 27.2 Å². The zero-order valence-corrected chi connectivity index (χ0v) is 12.9. The maximum Gasteiger partial charge on any atom is 0.138 e. The Labute approximate surface area is 124 Å². The van der Waals surface area contributed by atoms with Crippen molar-refractivity contribution < 1.29 is 5.11 Å². The first-order chi connectivity index (χ1) is 8.97. The van der Waals surface area contributed by atoms with Crippen molar-refractivity contribution in [3.05, 3.63) is 27.7 Å². The van der Waals surface area contributed by atoms with Crippen molar-refractivity contribution in [3.63, 3.8) is 0 Å². The zero-order valence-electron chi connectivity index (χ0n) is 11.4. The Hall–Kier alpha value is -0.480. The molecule has 19 heavy (non-hydrogen) atoms. The third-order valence-corrected chi connectivity index (χ3v) is 4.29. The van der Waals surface area contributed by atoms with E-state index in [-0.39, 0.29) is 5.75 Å². The summed E-state index contributed by atoms with van der Waals surface area (Å²) in [5.41, 5.74) is 0.806. The molecule has 0 saturated carbocycles. The number of likely N-dealkylation sites (tertiary alicyclic amines) is 1. The Morgan fingerprint density at radius 2 is 1.89 bits per heavy atom. The molecule has 0 radical (unpaired) electrons. The summed E-state index contributed by atoms with van der Waals surface area (Å²) in [6.45, 7) is 2.77. The standard InChI is InChI=1S/C14H20Cl2N2O/c1-17(2)12-3-5-18(6-4-12)9-10-7-11(15)8-13(16)14(10)19/h7-8,12,19H,3-6,9H2,1-2H3. The van der Waals surface area contributed by atoms with E-state index in [1.807, 2.05) is 0 Å². The molecule has 1 aromatic carbocycles. The summed E-state index contributed by atoms with van der Waals surface area (Å²) in [6.07, 6.45) is 2.31. The second-order valence-corrected chi connectivity index (χ2v) is 6.21. The number of benzene rings is 1. The highest BCUT2D eigenvalue weighted by Gasteiger charge is 2.21. The minimum atomic E-state index is 0.154. The van der Waals surface area contributed by atoms with E-state index in [0.717, 1.165) is 31.5 Å². The Morgan fingerprint density at radius 1 is 1.26 bits per heavy atom. The summed E-state index contributed by atoms with van der Waals surface area (Å²) in [6, 6.07) is 4.02. The zero-order chi connectivity index (χ0) is 14.0. The molecule has 0 spiro atoms. The molecule has 1 aliphatic heterocycles. The van der Waals surface area contributed by atoms with Crippen LogP contribution < -0.4 is 0 Å². The second-order valence-electron chi connectivity index (χ2n) is 5.37. The molecule has 0 bridgehead atoms. The molecule has 0 unspecified atom stereocenters. The van der Waals surface area contributed by atoms with Gasteiger partial charge in [0, 0.05) is 23.2 Å². The van der Waals surface area contributed by atoms with Crippen molar-refractivity contribution in [2.45, 2.75) is 25.4 Å². The van der Waals surface area contributed by atoms with Gasteiger partial charge in [0.05, 0.1) is 5.02 Å². The van der Waals surface area contributed by atoms with Crippen LogP contribution in [0.3, 0.4) is 0 Å². The van der Waals surface area contributed by atoms with Gasteiger partial charge < -0.3 is 10.0 Å². The third kappa shape index (κ3) is 3.76. The van der Waals surface area contributed by atoms with E-state index in [1.54, 1.807) is 12.1 Å². The van der Waals surface area contributed by atoms with E-state index < -0.39 is 0 Å². The van der Waals surface area contributed by atoms with Gasteiger partial charge in [-0.05, 0) is 52.2 Å². The Morgan fingerprint density at radius 3 is 2.47 bits per heavy atom. The van der Waals surface area contributed by atoms with Crippen molar-refractivity contribution in [1.29, 1.82) is 0 Å². The number of hydrogen-bond donors (Lipinski definition) is 1. The van der Waals surface area contributed by atoms with E-state index in [4.69, 9.17) is 23.2 Å². The van der Waals surface area contributed by atoms with Gasteiger partial charge in [0.2, 0.25) is 0 Å². The molecule has 0 aliphatic carbocycles. The SMILES string of the molecule is CN(C)C1CCN(Cc2cc(Cl)cc(Cl)c2O)CC1. The van der Waals surface area contributed by atoms with E-state index in [9.17, 15) is 5.11 Å². The van der Waals surface area contributed by atoms with E-state index in [1.165, 1.54) is 0 Å². The van der Waals surface area contributed by atoms with E-state index >= 15 is 0 Å². The first-order valence-electron chi connectivity index (χ1n) is 6.53. The molecular weight excluding hydrogens is 283 g/mol. The van der Waals surface area contributed by atoms with Gasteiger partial charge in [-0.25, -0.2) is 0 Å². The summed E-state index contributed by atoms with van der Waals surface area (Å²) >= 11 is 11.9. The first kappa shape index (κ1) is 14.9. The number of phenols is 1. The highest BCUT2D eigenvalue weighted by molar-refractivity contribution is 6.35. The fraction of sp³-hybridized carbons (Fsp3) is 0.571. The molecule has 1 N–H and O–H groups in total. The van der Waals surface area contributed by atoms with Gasteiger partial charge in [-0.3, -0.25) is 4.90 Å². The summed E-state index contributed by atoms with van der Waals surface area (Å²) in [4.78, 5) is 4.62. The number of hydrogen-bond acceptors (Lipinski definition) is 3. The average molecular weight is 303 g/mol. The average Bonchev–Trinajstić information content (AvgIpc) is 2.36. The normalized spacial score (nSPS) is 18.2. The molecule has 3 nitrogen and oxygen atoms in total. The number of aromatic hydroxyl groups is 1. The van der Waals surface area contributed by atoms with Crippen LogP contribution in [0, 0.1) is 0 Å². The molecular formula is C14H20Cl2N2O. The van der Waals surface area contributed by atoms with Gasteiger partial charge in [0.15, 0.2) is 0 Å². The fourth-order valence-corrected chi connectivity index (χ4v) is 3.11. The third-order valence-electron chi connectivity index (χ3n) is 3.79. The summed E-state index contributed by atoms with van der Waals surface area (Å²) < 4.78 is 0. The topological polar surface area (TPSA) is 26.7 Å². The molecule has 1 heterocycles. The lowest BCUT2D eigenvalue weighted by Crippen LogP contribution is -2.41. The van der Waals surface area contributed by atoms with Crippen LogP contribution in [-0.2, 0) is 6.54 Å². The lowest BCUT2D eigenvalue weighted by molar-refractivity contribution is 0.139. The van der Waals surface area contributed by atoms with Gasteiger partial charge in [0.1, 0.15) is 5.75 Å². The summed E-state index contributed by atoms with van der Waals surface area (Å²) in [5, 5.41) is 10.9. The predicted molar refractivity (Wildman–Crippen MR) is 80.1 cm³/mol. The second kappa shape index (κ2) is 6.31. The smallest absolute Gasteiger partial charge is 0.138 e. The highest BCUT2D eigenvalue weighted by Crippen LogP contribution is 2.32. The maximum atomic E-state index is 9.97. The Bertz CT molecular complexity index is 443. The number of piperidine rings is 1. The molecule has 1 aliphatic rings. The van der Waals surface area contributed by atoms with Crippen molar-refractivity contribution >= 4 is 23.2 Å². The van der Waals surface area contributed by atoms with Crippen LogP contribution in [0.1, 0.15) is 18.4 Å². The number of nitrogens with zero attached hydrogens (tertiary/aromatic N) is 2. The molecule has 106 valence electrons. The molecule has 0 aromatic heterocycles. The minimum Gasteiger partial charge on any atom is -0.506 e. The summed E-state index contributed by atoms with van der Waals surface area (Å²) in [5.74, 6) is 0.154. The lowest BCUT2D eigenvalue weighted by atomic mass is 10.0. The molecule has 5 heteroatoms. The number of phenolic OH excluding ortho intramolecular Hbond substituents is 1. The quantitative estimate of drug-likeness (QED) is 0.929. The largest absolute Gasteiger partial charge is 0.506 e. The Kier molecular flexibility index (Phi) is 4.96. The molecule has 1 saturated heterocycles. The van der Waals surface area contributed by atoms with Gasteiger partial charge in [-0.2, -0.15) is 0 Å². The highest BCUT2D eigenvalue weighted by atomic mass is 35.5. The van der Waals surface area contributed by atoms with Crippen LogP contribution in [-0.4, -0.2) is 48.1 Å². The van der Waals surface area contributed by atoms with Crippen LogP contribution in [0.5, 0.6) is 5.75 Å². The number of halogens is 2. The van der Waals surface area contributed by atoms with E-state index in [0.29, 0.717) is 22.6 Å². The van der Waals surface area contributed by atoms with Crippen molar-refractivity contribution in [2.24, 2.45) is 0 Å². The monoisotopic (exact) mass is 302 g/mol. The first-order valence-corrected chi connectivity index (χ1v) is 7.28. The van der Waals surface area contributed by atoms with E-state index in [2.05, 4.69) is 23.9 Å². The molecule has 1 fully saturated rings.